The number of sulfonamides is 1. The Morgan fingerprint density at radius 3 is 2.47 bits per heavy atom. The number of carboxylic acids is 1. The highest BCUT2D eigenvalue weighted by atomic mass is 35.5. The maximum atomic E-state index is 13.2. The highest BCUT2D eigenvalue weighted by molar-refractivity contribution is 7.89. The van der Waals surface area contributed by atoms with Gasteiger partial charge in [-0.1, -0.05) is 18.5 Å². The van der Waals surface area contributed by atoms with Gasteiger partial charge in [-0.05, 0) is 80.1 Å². The van der Waals surface area contributed by atoms with Crippen LogP contribution in [0.5, 0.6) is 5.75 Å². The molecular formula is C25H29ClN2O5S. The fourth-order valence-electron chi connectivity index (χ4n) is 4.46. The molecule has 1 fully saturated rings. The third-order valence-electron chi connectivity index (χ3n) is 6.45. The lowest BCUT2D eigenvalue weighted by atomic mass is 9.90. The predicted octanol–water partition coefficient (Wildman–Crippen LogP) is 5.12. The van der Waals surface area contributed by atoms with Crippen molar-refractivity contribution in [1.29, 1.82) is 0 Å². The maximum absolute atomic E-state index is 13.2. The van der Waals surface area contributed by atoms with Crippen LogP contribution < -0.4 is 4.74 Å². The molecule has 0 amide bonds. The number of hydrogen-bond donors (Lipinski definition) is 1. The Hall–Kier alpha value is -2.55. The minimum absolute atomic E-state index is 0.0674. The summed E-state index contributed by atoms with van der Waals surface area (Å²) in [7, 11) is -3.60. The number of ether oxygens (including phenoxy) is 1. The number of fused-ring (bicyclic) bond motifs is 1. The molecule has 1 aliphatic rings. The number of carbonyl (C=O) groups is 1. The zero-order valence-corrected chi connectivity index (χ0v) is 20.8. The molecule has 1 aromatic heterocycles. The molecule has 0 bridgehead atoms. The van der Waals surface area contributed by atoms with Crippen molar-refractivity contribution in [3.8, 4) is 5.75 Å². The summed E-state index contributed by atoms with van der Waals surface area (Å²) in [6.45, 7) is 4.66. The molecule has 1 aliphatic heterocycles. The number of halogens is 1. The molecule has 34 heavy (non-hydrogen) atoms. The Bertz CT molecular complexity index is 1280. The molecule has 0 saturated carbocycles. The maximum Gasteiger partial charge on any atom is 0.323 e. The number of aromatic nitrogens is 1. The van der Waals surface area contributed by atoms with Crippen molar-refractivity contribution in [1.82, 2.24) is 8.87 Å². The predicted molar refractivity (Wildman–Crippen MR) is 132 cm³/mol. The molecule has 1 saturated heterocycles. The van der Waals surface area contributed by atoms with Crippen LogP contribution in [-0.2, 0) is 21.4 Å². The zero-order chi connectivity index (χ0) is 24.5. The van der Waals surface area contributed by atoms with E-state index in [0.29, 0.717) is 36.7 Å². The van der Waals surface area contributed by atoms with Crippen LogP contribution in [0.2, 0.25) is 5.02 Å². The van der Waals surface area contributed by atoms with Gasteiger partial charge in [0.1, 0.15) is 12.3 Å². The Morgan fingerprint density at radius 1 is 1.18 bits per heavy atom. The second-order valence-corrected chi connectivity index (χ2v) is 11.1. The number of nitrogens with zero attached hydrogens (tertiary/aromatic N) is 2. The van der Waals surface area contributed by atoms with Gasteiger partial charge < -0.3 is 14.4 Å². The van der Waals surface area contributed by atoms with Crippen molar-refractivity contribution in [3.63, 3.8) is 0 Å². The number of hydrogen-bond acceptors (Lipinski definition) is 4. The number of aliphatic carboxylic acids is 1. The summed E-state index contributed by atoms with van der Waals surface area (Å²) in [5.74, 6) is -0.142. The van der Waals surface area contributed by atoms with Gasteiger partial charge in [0.25, 0.3) is 0 Å². The lowest BCUT2D eigenvalue weighted by Crippen LogP contribution is -2.37. The second kappa shape index (κ2) is 9.98. The molecule has 9 heteroatoms. The van der Waals surface area contributed by atoms with Crippen molar-refractivity contribution in [2.24, 2.45) is 0 Å². The van der Waals surface area contributed by atoms with Gasteiger partial charge in [0, 0.05) is 35.2 Å². The minimum atomic E-state index is -3.60. The van der Waals surface area contributed by atoms with Crippen LogP contribution in [0.3, 0.4) is 0 Å². The Balaban J connectivity index is 1.50. The summed E-state index contributed by atoms with van der Waals surface area (Å²) in [4.78, 5) is 11.6. The van der Waals surface area contributed by atoms with E-state index in [4.69, 9.17) is 16.3 Å². The van der Waals surface area contributed by atoms with Crippen molar-refractivity contribution in [2.75, 3.05) is 13.1 Å². The smallest absolute Gasteiger partial charge is 0.323 e. The third-order valence-corrected chi connectivity index (χ3v) is 8.59. The normalized spacial score (nSPS) is 16.6. The monoisotopic (exact) mass is 504 g/mol. The molecule has 0 aliphatic carbocycles. The van der Waals surface area contributed by atoms with Gasteiger partial charge in [0.05, 0.1) is 11.0 Å². The first kappa shape index (κ1) is 24.6. The first-order valence-electron chi connectivity index (χ1n) is 11.5. The van der Waals surface area contributed by atoms with Crippen LogP contribution in [0.4, 0.5) is 0 Å². The average Bonchev–Trinajstić information content (AvgIpc) is 3.16. The summed E-state index contributed by atoms with van der Waals surface area (Å²) in [5.41, 5.74) is 1.83. The minimum Gasteiger partial charge on any atom is -0.491 e. The Kier molecular flexibility index (Phi) is 7.21. The van der Waals surface area contributed by atoms with Gasteiger partial charge in [-0.2, -0.15) is 4.31 Å². The molecule has 1 atom stereocenters. The van der Waals surface area contributed by atoms with Crippen LogP contribution >= 0.6 is 11.6 Å². The van der Waals surface area contributed by atoms with Crippen molar-refractivity contribution >= 4 is 38.5 Å². The van der Waals surface area contributed by atoms with Gasteiger partial charge in [-0.3, -0.25) is 4.79 Å². The zero-order valence-electron chi connectivity index (χ0n) is 19.3. The van der Waals surface area contributed by atoms with Crippen LogP contribution in [0.25, 0.3) is 10.9 Å². The lowest BCUT2D eigenvalue weighted by Gasteiger charge is -2.31. The molecule has 2 aromatic carbocycles. The van der Waals surface area contributed by atoms with E-state index in [2.05, 4.69) is 0 Å². The van der Waals surface area contributed by atoms with E-state index in [1.54, 1.807) is 34.9 Å². The molecule has 1 N–H and O–H groups in total. The first-order chi connectivity index (χ1) is 16.2. The van der Waals surface area contributed by atoms with E-state index < -0.39 is 16.0 Å². The fourth-order valence-corrected chi connectivity index (χ4v) is 6.10. The number of benzene rings is 2. The lowest BCUT2D eigenvalue weighted by molar-refractivity contribution is -0.137. The first-order valence-corrected chi connectivity index (χ1v) is 13.3. The summed E-state index contributed by atoms with van der Waals surface area (Å²) in [5, 5.41) is 10.8. The molecule has 0 radical (unpaired) electrons. The Morgan fingerprint density at radius 2 is 1.85 bits per heavy atom. The van der Waals surface area contributed by atoms with Gasteiger partial charge >= 0.3 is 5.97 Å². The highest BCUT2D eigenvalue weighted by Gasteiger charge is 2.31. The van der Waals surface area contributed by atoms with Gasteiger partial charge in [-0.25, -0.2) is 8.42 Å². The summed E-state index contributed by atoms with van der Waals surface area (Å²) >= 11 is 6.22. The third kappa shape index (κ3) is 5.09. The number of carboxylic acid groups (broad SMARTS) is 1. The van der Waals surface area contributed by atoms with Crippen LogP contribution in [0.15, 0.2) is 53.6 Å². The van der Waals surface area contributed by atoms with E-state index in [9.17, 15) is 18.3 Å². The van der Waals surface area contributed by atoms with Crippen molar-refractivity contribution in [3.05, 3.63) is 59.2 Å². The molecule has 0 spiro atoms. The number of rotatable bonds is 8. The molecule has 182 valence electrons. The topological polar surface area (TPSA) is 88.8 Å². The Labute approximate surface area is 204 Å². The molecule has 0 unspecified atom stereocenters. The van der Waals surface area contributed by atoms with Gasteiger partial charge in [0.2, 0.25) is 10.0 Å². The van der Waals surface area contributed by atoms with E-state index in [-0.39, 0.29) is 23.5 Å². The van der Waals surface area contributed by atoms with Crippen molar-refractivity contribution < 1.29 is 23.1 Å². The molecular weight excluding hydrogens is 476 g/mol. The standard InChI is InChI=1S/C25H29ClN2O5S/c1-3-17(2)33-20-5-7-21(8-6-20)34(31,32)28-12-10-18(11-13-28)23-15-27(16-25(29)30)24-9-4-19(26)14-22(23)24/h4-9,14-15,17-18H,3,10-13,16H2,1-2H3,(H,29,30)/t17-/m0/s1. The molecule has 2 heterocycles. The average molecular weight is 505 g/mol. The van der Waals surface area contributed by atoms with Crippen LogP contribution in [0, 0.1) is 0 Å². The van der Waals surface area contributed by atoms with E-state index >= 15 is 0 Å². The fraction of sp³-hybridized carbons (Fsp3) is 0.400. The summed E-state index contributed by atoms with van der Waals surface area (Å²) in [6.07, 6.45) is 4.11. The molecule has 4 rings (SSSR count). The largest absolute Gasteiger partial charge is 0.491 e. The SMILES string of the molecule is CC[C@H](C)Oc1ccc(S(=O)(=O)N2CCC(c3cn(CC(=O)O)c4ccc(Cl)cc34)CC2)cc1. The van der Waals surface area contributed by atoms with Crippen LogP contribution in [-0.4, -0.2) is 47.6 Å². The highest BCUT2D eigenvalue weighted by Crippen LogP contribution is 2.37. The molecule has 7 nitrogen and oxygen atoms in total. The van der Waals surface area contributed by atoms with E-state index in [1.165, 1.54) is 4.31 Å². The second-order valence-electron chi connectivity index (χ2n) is 8.75. The van der Waals surface area contributed by atoms with Gasteiger partial charge in [0.15, 0.2) is 0 Å². The van der Waals surface area contributed by atoms with E-state index in [1.807, 2.05) is 32.2 Å². The van der Waals surface area contributed by atoms with Crippen LogP contribution in [0.1, 0.15) is 44.6 Å². The van der Waals surface area contributed by atoms with E-state index in [0.717, 1.165) is 22.9 Å². The summed E-state index contributed by atoms with van der Waals surface area (Å²) in [6, 6.07) is 12.0. The summed E-state index contributed by atoms with van der Waals surface area (Å²) < 4.78 is 35.4. The molecule has 3 aromatic rings. The quantitative estimate of drug-likeness (QED) is 0.459. The van der Waals surface area contributed by atoms with Gasteiger partial charge in [-0.15, -0.1) is 0 Å². The van der Waals surface area contributed by atoms with Crippen molar-refractivity contribution in [2.45, 2.75) is 56.6 Å². The number of piperidine rings is 1.